The Kier molecular flexibility index (Phi) is 8.89. The highest BCUT2D eigenvalue weighted by atomic mass is 35.5. The van der Waals surface area contributed by atoms with Gasteiger partial charge < -0.3 is 24.3 Å². The second kappa shape index (κ2) is 11.9. The first-order chi connectivity index (χ1) is 17.2. The van der Waals surface area contributed by atoms with Crippen LogP contribution in [0.1, 0.15) is 6.92 Å². The molecular weight excluding hydrogens is 508 g/mol. The van der Waals surface area contributed by atoms with Crippen LogP contribution >= 0.6 is 11.6 Å². The maximum absolute atomic E-state index is 13.8. The molecule has 0 saturated carbocycles. The predicted octanol–water partition coefficient (Wildman–Crippen LogP) is 4.60. The molecule has 0 unspecified atom stereocenters. The lowest BCUT2D eigenvalue weighted by molar-refractivity contribution is -0.114. The molecule has 0 aliphatic carbocycles. The largest absolute Gasteiger partial charge is 0.495 e. The highest BCUT2D eigenvalue weighted by molar-refractivity contribution is 7.92. The maximum atomic E-state index is 13.8. The number of sulfonamides is 1. The van der Waals surface area contributed by atoms with Crippen molar-refractivity contribution in [3.63, 3.8) is 0 Å². The van der Waals surface area contributed by atoms with Crippen LogP contribution < -0.4 is 28.6 Å². The van der Waals surface area contributed by atoms with E-state index < -0.39 is 22.5 Å². The molecule has 0 spiro atoms. The lowest BCUT2D eigenvalue weighted by atomic mass is 10.3. The van der Waals surface area contributed by atoms with E-state index in [2.05, 4.69) is 5.32 Å². The third kappa shape index (κ3) is 6.13. The highest BCUT2D eigenvalue weighted by Crippen LogP contribution is 2.37. The first-order valence-corrected chi connectivity index (χ1v) is 12.7. The van der Waals surface area contributed by atoms with Crippen LogP contribution in [0.4, 0.5) is 11.4 Å². The molecule has 1 amide bonds. The molecule has 3 aromatic carbocycles. The minimum atomic E-state index is -4.28. The summed E-state index contributed by atoms with van der Waals surface area (Å²) in [5.41, 5.74) is 0.576. The number of anilines is 2. The number of halogens is 1. The van der Waals surface area contributed by atoms with E-state index in [-0.39, 0.29) is 27.1 Å². The van der Waals surface area contributed by atoms with Crippen molar-refractivity contribution >= 4 is 38.9 Å². The minimum Gasteiger partial charge on any atom is -0.495 e. The number of benzene rings is 3. The summed E-state index contributed by atoms with van der Waals surface area (Å²) in [5.74, 6) is 0.867. The maximum Gasteiger partial charge on any atom is 0.265 e. The second-order valence-corrected chi connectivity index (χ2v) is 9.65. The van der Waals surface area contributed by atoms with Crippen LogP contribution in [0.2, 0.25) is 5.02 Å². The normalized spacial score (nSPS) is 10.9. The number of hydrogen-bond acceptors (Lipinski definition) is 7. The van der Waals surface area contributed by atoms with Gasteiger partial charge in [-0.15, -0.1) is 0 Å². The monoisotopic (exact) mass is 534 g/mol. The molecule has 0 atom stereocenters. The zero-order valence-electron chi connectivity index (χ0n) is 20.3. The first-order valence-electron chi connectivity index (χ1n) is 10.8. The van der Waals surface area contributed by atoms with E-state index >= 15 is 0 Å². The SMILES string of the molecule is CCOc1ccc(NC(=O)CN(c2cc(Cl)ccc2OC)S(=O)(=O)c2ccc(OC)c(OC)c2)cc1. The number of hydrogen-bond donors (Lipinski definition) is 1. The summed E-state index contributed by atoms with van der Waals surface area (Å²) >= 11 is 6.18. The smallest absolute Gasteiger partial charge is 0.265 e. The standard InChI is InChI=1S/C25H27ClN2O7S/c1-5-35-19-9-7-18(8-10-19)27-25(29)16-28(21-14-17(26)6-12-22(21)32-2)36(30,31)20-11-13-23(33-3)24(15-20)34-4/h6-15H,5,16H2,1-4H3,(H,27,29). The number of rotatable bonds is 11. The number of carbonyl (C=O) groups excluding carboxylic acids is 1. The quantitative estimate of drug-likeness (QED) is 0.383. The Labute approximate surface area is 215 Å². The number of nitrogens with one attached hydrogen (secondary N) is 1. The molecule has 0 aliphatic heterocycles. The number of methoxy groups -OCH3 is 3. The number of carbonyl (C=O) groups is 1. The van der Waals surface area contributed by atoms with Crippen LogP contribution in [0.5, 0.6) is 23.0 Å². The molecule has 11 heteroatoms. The first kappa shape index (κ1) is 27.0. The Morgan fingerprint density at radius 1 is 0.889 bits per heavy atom. The van der Waals surface area contributed by atoms with E-state index in [4.69, 9.17) is 30.5 Å². The zero-order valence-corrected chi connectivity index (χ0v) is 21.9. The summed E-state index contributed by atoms with van der Waals surface area (Å²) in [6, 6.07) is 15.4. The zero-order chi connectivity index (χ0) is 26.3. The van der Waals surface area contributed by atoms with Crippen molar-refractivity contribution in [3.8, 4) is 23.0 Å². The van der Waals surface area contributed by atoms with Crippen molar-refractivity contribution in [3.05, 3.63) is 65.7 Å². The van der Waals surface area contributed by atoms with Crippen LogP contribution in [0.15, 0.2) is 65.6 Å². The van der Waals surface area contributed by atoms with Crippen LogP contribution in [0.25, 0.3) is 0 Å². The van der Waals surface area contributed by atoms with Gasteiger partial charge in [-0.05, 0) is 61.5 Å². The Morgan fingerprint density at radius 2 is 1.53 bits per heavy atom. The number of nitrogens with zero attached hydrogens (tertiary/aromatic N) is 1. The molecular formula is C25H27ClN2O7S. The topological polar surface area (TPSA) is 103 Å². The summed E-state index contributed by atoms with van der Waals surface area (Å²) < 4.78 is 49.8. The van der Waals surface area contributed by atoms with Gasteiger partial charge in [0.15, 0.2) is 11.5 Å². The van der Waals surface area contributed by atoms with Gasteiger partial charge in [0.25, 0.3) is 10.0 Å². The van der Waals surface area contributed by atoms with E-state index in [0.29, 0.717) is 23.8 Å². The van der Waals surface area contributed by atoms with Crippen molar-refractivity contribution in [1.82, 2.24) is 0 Å². The number of amides is 1. The van der Waals surface area contributed by atoms with Crippen LogP contribution in [0.3, 0.4) is 0 Å². The molecule has 36 heavy (non-hydrogen) atoms. The third-order valence-corrected chi connectivity index (χ3v) is 7.08. The van der Waals surface area contributed by atoms with Gasteiger partial charge in [-0.3, -0.25) is 9.10 Å². The fourth-order valence-corrected chi connectivity index (χ4v) is 5.00. The molecule has 192 valence electrons. The molecule has 3 rings (SSSR count). The lowest BCUT2D eigenvalue weighted by Crippen LogP contribution is -2.38. The molecule has 0 aliphatic rings. The molecule has 9 nitrogen and oxygen atoms in total. The predicted molar refractivity (Wildman–Crippen MR) is 138 cm³/mol. The second-order valence-electron chi connectivity index (χ2n) is 7.35. The van der Waals surface area contributed by atoms with E-state index in [0.717, 1.165) is 4.31 Å². The fraction of sp³-hybridized carbons (Fsp3) is 0.240. The fourth-order valence-electron chi connectivity index (χ4n) is 3.39. The summed E-state index contributed by atoms with van der Waals surface area (Å²) in [4.78, 5) is 12.9. The van der Waals surface area contributed by atoms with Gasteiger partial charge in [-0.2, -0.15) is 0 Å². The Balaban J connectivity index is 2.01. The van der Waals surface area contributed by atoms with E-state index in [1.165, 1.54) is 51.7 Å². The summed E-state index contributed by atoms with van der Waals surface area (Å²) in [5, 5.41) is 2.98. The van der Waals surface area contributed by atoms with Crippen LogP contribution in [0, 0.1) is 0 Å². The van der Waals surface area contributed by atoms with Gasteiger partial charge in [0.1, 0.15) is 18.0 Å². The van der Waals surface area contributed by atoms with Crippen molar-refractivity contribution in [2.45, 2.75) is 11.8 Å². The molecule has 0 radical (unpaired) electrons. The molecule has 1 N–H and O–H groups in total. The van der Waals surface area contributed by atoms with E-state index in [1.807, 2.05) is 6.92 Å². The van der Waals surface area contributed by atoms with Crippen molar-refractivity contribution in [1.29, 1.82) is 0 Å². The molecule has 3 aromatic rings. The molecule has 0 fully saturated rings. The van der Waals surface area contributed by atoms with Crippen molar-refractivity contribution < 1.29 is 32.2 Å². The van der Waals surface area contributed by atoms with E-state index in [9.17, 15) is 13.2 Å². The summed E-state index contributed by atoms with van der Waals surface area (Å²) in [6.07, 6.45) is 0. The van der Waals surface area contributed by atoms with Crippen LogP contribution in [-0.2, 0) is 14.8 Å². The van der Waals surface area contributed by atoms with Gasteiger partial charge in [-0.25, -0.2) is 8.42 Å². The average Bonchev–Trinajstić information content (AvgIpc) is 2.88. The number of ether oxygens (including phenoxy) is 4. The van der Waals surface area contributed by atoms with Gasteiger partial charge in [0, 0.05) is 16.8 Å². The Hall–Kier alpha value is -3.63. The molecule has 0 heterocycles. The minimum absolute atomic E-state index is 0.0987. The average molecular weight is 535 g/mol. The molecule has 0 bridgehead atoms. The third-order valence-electron chi connectivity index (χ3n) is 5.09. The summed E-state index contributed by atoms with van der Waals surface area (Å²) in [7, 11) is -0.0434. The van der Waals surface area contributed by atoms with Gasteiger partial charge >= 0.3 is 0 Å². The van der Waals surface area contributed by atoms with E-state index in [1.54, 1.807) is 30.3 Å². The van der Waals surface area contributed by atoms with Crippen LogP contribution in [-0.4, -0.2) is 48.8 Å². The van der Waals surface area contributed by atoms with Gasteiger partial charge in [0.05, 0.1) is 38.5 Å². The van der Waals surface area contributed by atoms with Crippen molar-refractivity contribution in [2.24, 2.45) is 0 Å². The Morgan fingerprint density at radius 3 is 2.14 bits per heavy atom. The summed E-state index contributed by atoms with van der Waals surface area (Å²) in [6.45, 7) is 1.82. The highest BCUT2D eigenvalue weighted by Gasteiger charge is 2.30. The molecule has 0 aromatic heterocycles. The van der Waals surface area contributed by atoms with Gasteiger partial charge in [0.2, 0.25) is 5.91 Å². The van der Waals surface area contributed by atoms with Crippen molar-refractivity contribution in [2.75, 3.05) is 44.1 Å². The lowest BCUT2D eigenvalue weighted by Gasteiger charge is -2.26. The van der Waals surface area contributed by atoms with Gasteiger partial charge in [-0.1, -0.05) is 11.6 Å². The molecule has 0 saturated heterocycles. The Bertz CT molecular complexity index is 1310.